The third-order valence-electron chi connectivity index (χ3n) is 7.39. The van der Waals surface area contributed by atoms with Gasteiger partial charge < -0.3 is 9.52 Å². The molecule has 6 heteroatoms. The normalized spacial score (nSPS) is 11.2. The molecule has 0 atom stereocenters. The minimum atomic E-state index is 0. The van der Waals surface area contributed by atoms with Gasteiger partial charge in [0.1, 0.15) is 11.3 Å². The Bertz CT molecular complexity index is 2050. The number of rotatable bonds is 5. The van der Waals surface area contributed by atoms with Gasteiger partial charge in [0.15, 0.2) is 0 Å². The molecule has 4 aromatic carbocycles. The number of phenolic OH excluding ortho intramolecular Hbond substituents is 1. The first-order valence-electron chi connectivity index (χ1n) is 13.6. The first-order chi connectivity index (χ1) is 20.0. The van der Waals surface area contributed by atoms with Crippen molar-refractivity contribution in [2.45, 2.75) is 19.8 Å². The second-order valence-corrected chi connectivity index (χ2v) is 10.4. The van der Waals surface area contributed by atoms with Gasteiger partial charge in [0.2, 0.25) is 5.89 Å². The molecule has 0 aliphatic rings. The van der Waals surface area contributed by atoms with Gasteiger partial charge in [-0.15, -0.1) is 35.4 Å². The third-order valence-corrected chi connectivity index (χ3v) is 7.39. The largest absolute Gasteiger partial charge is 0.507 e. The molecule has 0 bridgehead atoms. The molecule has 0 saturated heterocycles. The van der Waals surface area contributed by atoms with Crippen molar-refractivity contribution in [3.63, 3.8) is 0 Å². The Morgan fingerprint density at radius 1 is 0.738 bits per heavy atom. The van der Waals surface area contributed by atoms with Gasteiger partial charge in [0, 0.05) is 45.2 Å². The molecule has 0 amide bonds. The Balaban J connectivity index is 0.00000316. The summed E-state index contributed by atoms with van der Waals surface area (Å²) in [6, 6.07) is 33.5. The van der Waals surface area contributed by atoms with Gasteiger partial charge in [0.05, 0.1) is 11.1 Å². The van der Waals surface area contributed by atoms with Crippen molar-refractivity contribution in [2.24, 2.45) is 0 Å². The van der Waals surface area contributed by atoms with Gasteiger partial charge in [-0.3, -0.25) is 9.97 Å². The van der Waals surface area contributed by atoms with E-state index in [1.165, 1.54) is 0 Å². The number of fused-ring (bicyclic) bond motifs is 2. The molecule has 0 unspecified atom stereocenters. The van der Waals surface area contributed by atoms with Crippen LogP contribution < -0.4 is 0 Å². The number of oxazole rings is 1. The van der Waals surface area contributed by atoms with E-state index in [0.717, 1.165) is 55.4 Å². The summed E-state index contributed by atoms with van der Waals surface area (Å²) < 4.78 is 6.22. The molecule has 0 spiro atoms. The van der Waals surface area contributed by atoms with E-state index in [1.807, 2.05) is 48.8 Å². The fourth-order valence-corrected chi connectivity index (χ4v) is 5.24. The second-order valence-electron chi connectivity index (χ2n) is 10.4. The van der Waals surface area contributed by atoms with Crippen LogP contribution >= 0.6 is 0 Å². The molecule has 1 N–H and O–H groups in total. The molecule has 208 valence electrons. The van der Waals surface area contributed by atoms with Crippen LogP contribution in [0.1, 0.15) is 25.3 Å². The van der Waals surface area contributed by atoms with Gasteiger partial charge in [-0.1, -0.05) is 61.4 Å². The summed E-state index contributed by atoms with van der Waals surface area (Å²) in [6.07, 6.45) is 5.48. The summed E-state index contributed by atoms with van der Waals surface area (Å²) >= 11 is 0. The summed E-state index contributed by atoms with van der Waals surface area (Å²) in [5, 5.41) is 11.5. The number of pyridine rings is 2. The van der Waals surface area contributed by atoms with E-state index < -0.39 is 0 Å². The summed E-state index contributed by atoms with van der Waals surface area (Å²) in [6.45, 7) is 4.32. The van der Waals surface area contributed by atoms with Crippen molar-refractivity contribution in [3.8, 4) is 50.6 Å². The predicted octanol–water partition coefficient (Wildman–Crippen LogP) is 9.07. The van der Waals surface area contributed by atoms with Gasteiger partial charge >= 0.3 is 0 Å². The van der Waals surface area contributed by atoms with Crippen LogP contribution in [0.5, 0.6) is 5.75 Å². The minimum Gasteiger partial charge on any atom is -0.507 e. The fraction of sp³-hybridized carbons (Fsp3) is 0.0833. The van der Waals surface area contributed by atoms with E-state index in [-0.39, 0.29) is 32.7 Å². The molecule has 0 saturated carbocycles. The molecule has 7 aromatic rings. The zero-order valence-electron chi connectivity index (χ0n) is 23.0. The second kappa shape index (κ2) is 11.3. The van der Waals surface area contributed by atoms with E-state index in [1.54, 1.807) is 18.3 Å². The average molecular weight is 728 g/mol. The van der Waals surface area contributed by atoms with Crippen LogP contribution in [-0.4, -0.2) is 20.1 Å². The van der Waals surface area contributed by atoms with Crippen molar-refractivity contribution in [2.75, 3.05) is 0 Å². The molecule has 3 aromatic heterocycles. The molecular weight excluding hydrogens is 701 g/mol. The van der Waals surface area contributed by atoms with Gasteiger partial charge in [-0.25, -0.2) is 4.98 Å². The number of aromatic hydroxyl groups is 1. The maximum Gasteiger partial charge on any atom is 0.230 e. The predicted molar refractivity (Wildman–Crippen MR) is 163 cm³/mol. The molecule has 42 heavy (non-hydrogen) atoms. The average Bonchev–Trinajstić information content (AvgIpc) is 3.45. The van der Waals surface area contributed by atoms with Gasteiger partial charge in [-0.2, -0.15) is 0 Å². The molecule has 0 aliphatic carbocycles. The van der Waals surface area contributed by atoms with Gasteiger partial charge in [-0.05, 0) is 64.4 Å². The Morgan fingerprint density at radius 3 is 2.29 bits per heavy atom. The molecule has 3 heterocycles. The standard InChI is InChI=1S/C36H26N3O2.Pt/c1-22(2)27-18-31(35-33(20-27)41-36(39-35)29-12-3-4-13-32(29)40)24-9-5-8-23(16-24)30-19-28(26-11-6-14-37-21-26)17-25-10-7-15-38-34(25)30;/h3-15,17-22,40H,1-2H3;/q-1;. The Kier molecular flexibility index (Phi) is 7.45. The molecule has 0 fully saturated rings. The van der Waals surface area contributed by atoms with E-state index in [2.05, 4.69) is 67.4 Å². The first kappa shape index (κ1) is 27.6. The topological polar surface area (TPSA) is 72.0 Å². The molecule has 0 radical (unpaired) electrons. The van der Waals surface area contributed by atoms with Gasteiger partial charge in [0.25, 0.3) is 0 Å². The Morgan fingerprint density at radius 2 is 1.52 bits per heavy atom. The van der Waals surface area contributed by atoms with Crippen molar-refractivity contribution >= 4 is 22.0 Å². The molecule has 0 aliphatic heterocycles. The Hall–Kier alpha value is -4.60. The number of hydrogen-bond acceptors (Lipinski definition) is 5. The van der Waals surface area contributed by atoms with E-state index in [0.29, 0.717) is 17.0 Å². The van der Waals surface area contributed by atoms with Crippen molar-refractivity contribution in [3.05, 3.63) is 121 Å². The minimum absolute atomic E-state index is 0. The van der Waals surface area contributed by atoms with Crippen molar-refractivity contribution in [1.82, 2.24) is 15.0 Å². The monoisotopic (exact) mass is 727 g/mol. The van der Waals surface area contributed by atoms with Crippen LogP contribution in [0, 0.1) is 6.07 Å². The van der Waals surface area contributed by atoms with Crippen molar-refractivity contribution in [1.29, 1.82) is 0 Å². The summed E-state index contributed by atoms with van der Waals surface area (Å²) in [5.41, 5.74) is 9.89. The molecular formula is C36H26N3O2Pt-. The number of nitrogens with zero attached hydrogens (tertiary/aromatic N) is 3. The maximum absolute atomic E-state index is 10.5. The number of phenols is 1. The number of para-hydroxylation sites is 1. The van der Waals surface area contributed by atoms with Crippen LogP contribution in [0.2, 0.25) is 0 Å². The first-order valence-corrected chi connectivity index (χ1v) is 13.6. The van der Waals surface area contributed by atoms with E-state index in [9.17, 15) is 5.11 Å². The quantitative estimate of drug-likeness (QED) is 0.179. The zero-order valence-corrected chi connectivity index (χ0v) is 25.3. The summed E-state index contributed by atoms with van der Waals surface area (Å²) in [5.74, 6) is 0.797. The Labute approximate surface area is 258 Å². The van der Waals surface area contributed by atoms with E-state index >= 15 is 0 Å². The summed E-state index contributed by atoms with van der Waals surface area (Å²) in [7, 11) is 0. The fourth-order valence-electron chi connectivity index (χ4n) is 5.24. The van der Waals surface area contributed by atoms with Crippen LogP contribution in [0.4, 0.5) is 0 Å². The van der Waals surface area contributed by atoms with Crippen LogP contribution in [0.15, 0.2) is 114 Å². The SMILES string of the molecule is CC(C)c1cc(-c2[c-]c(-c3cc(-c4cccnc4)cc4cccnc34)ccc2)c2nc(-c3ccccc3O)oc2c1.[Pt]. The molecule has 5 nitrogen and oxygen atoms in total. The zero-order chi connectivity index (χ0) is 27.9. The van der Waals surface area contributed by atoms with Crippen molar-refractivity contribution < 1.29 is 30.6 Å². The van der Waals surface area contributed by atoms with Crippen LogP contribution in [0.3, 0.4) is 0 Å². The number of benzene rings is 4. The number of aromatic nitrogens is 3. The van der Waals surface area contributed by atoms with Crippen LogP contribution in [-0.2, 0) is 21.1 Å². The maximum atomic E-state index is 10.5. The molecule has 7 rings (SSSR count). The van der Waals surface area contributed by atoms with Crippen LogP contribution in [0.25, 0.3) is 66.8 Å². The summed E-state index contributed by atoms with van der Waals surface area (Å²) in [4.78, 5) is 13.9. The third kappa shape index (κ3) is 5.01. The van der Waals surface area contributed by atoms with E-state index in [4.69, 9.17) is 14.4 Å². The number of hydrogen-bond donors (Lipinski definition) is 1. The smallest absolute Gasteiger partial charge is 0.230 e.